The SMILES string of the molecule is CCOc1ccc(NC(=O)c2ccc(SCC(=O)O)c(S(=O)(=O)N3CCOCC3)c2)cc1. The highest BCUT2D eigenvalue weighted by Gasteiger charge is 2.30. The van der Waals surface area contributed by atoms with Crippen LogP contribution < -0.4 is 10.1 Å². The summed E-state index contributed by atoms with van der Waals surface area (Å²) in [6.45, 7) is 3.32. The van der Waals surface area contributed by atoms with Crippen LogP contribution in [0.1, 0.15) is 17.3 Å². The lowest BCUT2D eigenvalue weighted by atomic mass is 10.2. The minimum Gasteiger partial charge on any atom is -0.494 e. The molecule has 0 aromatic heterocycles. The molecule has 2 N–H and O–H groups in total. The van der Waals surface area contributed by atoms with Gasteiger partial charge in [-0.25, -0.2) is 8.42 Å². The first-order chi connectivity index (χ1) is 15.3. The lowest BCUT2D eigenvalue weighted by Crippen LogP contribution is -2.40. The largest absolute Gasteiger partial charge is 0.494 e. The predicted octanol–water partition coefficient (Wildman–Crippen LogP) is 2.54. The van der Waals surface area contributed by atoms with Gasteiger partial charge in [-0.3, -0.25) is 9.59 Å². The van der Waals surface area contributed by atoms with Crippen molar-refractivity contribution in [1.29, 1.82) is 0 Å². The Morgan fingerprint density at radius 2 is 1.84 bits per heavy atom. The van der Waals surface area contributed by atoms with Gasteiger partial charge in [-0.2, -0.15) is 4.31 Å². The molecule has 0 bridgehead atoms. The van der Waals surface area contributed by atoms with Crippen molar-refractivity contribution in [3.8, 4) is 5.75 Å². The average Bonchev–Trinajstić information content (AvgIpc) is 2.79. The Balaban J connectivity index is 1.88. The molecule has 11 heteroatoms. The maximum Gasteiger partial charge on any atom is 0.313 e. The van der Waals surface area contributed by atoms with E-state index in [2.05, 4.69) is 5.32 Å². The number of hydrogen-bond acceptors (Lipinski definition) is 7. The minimum atomic E-state index is -3.94. The summed E-state index contributed by atoms with van der Waals surface area (Å²) in [6.07, 6.45) is 0. The maximum absolute atomic E-state index is 13.2. The Bertz CT molecular complexity index is 1070. The zero-order chi connectivity index (χ0) is 23.1. The second-order valence-corrected chi connectivity index (χ2v) is 9.70. The number of benzene rings is 2. The van der Waals surface area contributed by atoms with Gasteiger partial charge in [0.25, 0.3) is 5.91 Å². The van der Waals surface area contributed by atoms with Crippen LogP contribution in [0, 0.1) is 0 Å². The molecule has 1 fully saturated rings. The van der Waals surface area contributed by atoms with Crippen molar-refractivity contribution >= 4 is 39.3 Å². The third-order valence-corrected chi connectivity index (χ3v) is 7.69. The molecular weight excluding hydrogens is 456 g/mol. The molecule has 0 atom stereocenters. The van der Waals surface area contributed by atoms with Crippen LogP contribution in [0.2, 0.25) is 0 Å². The monoisotopic (exact) mass is 480 g/mol. The van der Waals surface area contributed by atoms with Crippen LogP contribution in [0.25, 0.3) is 0 Å². The number of amides is 1. The quantitative estimate of drug-likeness (QED) is 0.525. The highest BCUT2D eigenvalue weighted by molar-refractivity contribution is 8.00. The third-order valence-electron chi connectivity index (χ3n) is 4.57. The number of carbonyl (C=O) groups excluding carboxylic acids is 1. The number of carboxylic acids is 1. The number of aliphatic carboxylic acids is 1. The van der Waals surface area contributed by atoms with Crippen LogP contribution >= 0.6 is 11.8 Å². The molecule has 1 aliphatic heterocycles. The van der Waals surface area contributed by atoms with E-state index in [4.69, 9.17) is 14.6 Å². The van der Waals surface area contributed by atoms with Gasteiger partial charge in [0.2, 0.25) is 10.0 Å². The molecule has 1 saturated heterocycles. The lowest BCUT2D eigenvalue weighted by Gasteiger charge is -2.27. The van der Waals surface area contributed by atoms with Gasteiger partial charge in [-0.15, -0.1) is 11.8 Å². The van der Waals surface area contributed by atoms with E-state index >= 15 is 0 Å². The van der Waals surface area contributed by atoms with Crippen molar-refractivity contribution in [1.82, 2.24) is 4.31 Å². The summed E-state index contributed by atoms with van der Waals surface area (Å²) in [4.78, 5) is 24.0. The van der Waals surface area contributed by atoms with Crippen molar-refractivity contribution in [2.24, 2.45) is 0 Å². The van der Waals surface area contributed by atoms with E-state index in [1.54, 1.807) is 24.3 Å². The Morgan fingerprint density at radius 1 is 1.16 bits per heavy atom. The summed E-state index contributed by atoms with van der Waals surface area (Å²) in [7, 11) is -3.94. The number of carbonyl (C=O) groups is 2. The van der Waals surface area contributed by atoms with Gasteiger partial charge < -0.3 is 19.9 Å². The highest BCUT2D eigenvalue weighted by Crippen LogP contribution is 2.31. The molecule has 2 aromatic carbocycles. The molecule has 1 aliphatic rings. The van der Waals surface area contributed by atoms with Crippen molar-refractivity contribution < 1.29 is 32.6 Å². The number of hydrogen-bond donors (Lipinski definition) is 2. The number of carboxylic acid groups (broad SMARTS) is 1. The van der Waals surface area contributed by atoms with Gasteiger partial charge in [0.1, 0.15) is 5.75 Å². The fraction of sp³-hybridized carbons (Fsp3) is 0.333. The molecule has 2 aromatic rings. The van der Waals surface area contributed by atoms with E-state index in [1.807, 2.05) is 6.92 Å². The van der Waals surface area contributed by atoms with Crippen LogP contribution in [-0.4, -0.2) is 68.4 Å². The number of anilines is 1. The minimum absolute atomic E-state index is 0.0926. The second-order valence-electron chi connectivity index (χ2n) is 6.77. The predicted molar refractivity (Wildman–Crippen MR) is 120 cm³/mol. The fourth-order valence-corrected chi connectivity index (χ4v) is 5.68. The normalized spacial score (nSPS) is 14.7. The molecule has 0 saturated carbocycles. The van der Waals surface area contributed by atoms with Gasteiger partial charge in [-0.05, 0) is 49.4 Å². The Morgan fingerprint density at radius 3 is 2.47 bits per heavy atom. The van der Waals surface area contributed by atoms with Crippen LogP contribution in [0.4, 0.5) is 5.69 Å². The first kappa shape index (κ1) is 24.1. The summed E-state index contributed by atoms with van der Waals surface area (Å²) < 4.78 is 38.4. The van der Waals surface area contributed by atoms with E-state index in [0.717, 1.165) is 11.8 Å². The summed E-state index contributed by atoms with van der Waals surface area (Å²) >= 11 is 0.894. The molecule has 0 unspecified atom stereocenters. The van der Waals surface area contributed by atoms with E-state index in [9.17, 15) is 18.0 Å². The number of nitrogens with zero attached hydrogens (tertiary/aromatic N) is 1. The van der Waals surface area contributed by atoms with Gasteiger partial charge in [0.05, 0.1) is 30.5 Å². The van der Waals surface area contributed by atoms with Gasteiger partial charge >= 0.3 is 5.97 Å². The number of nitrogens with one attached hydrogen (secondary N) is 1. The van der Waals surface area contributed by atoms with E-state index in [-0.39, 0.29) is 47.4 Å². The van der Waals surface area contributed by atoms with E-state index in [1.165, 1.54) is 22.5 Å². The molecular formula is C21H24N2O7S2. The molecule has 9 nitrogen and oxygen atoms in total. The smallest absolute Gasteiger partial charge is 0.313 e. The topological polar surface area (TPSA) is 122 Å². The van der Waals surface area contributed by atoms with Crippen LogP contribution in [0.3, 0.4) is 0 Å². The third kappa shape index (κ3) is 6.00. The first-order valence-corrected chi connectivity index (χ1v) is 12.3. The van der Waals surface area contributed by atoms with Gasteiger partial charge in [0, 0.05) is 29.2 Å². The van der Waals surface area contributed by atoms with Crippen molar-refractivity contribution in [2.45, 2.75) is 16.7 Å². The molecule has 172 valence electrons. The molecule has 32 heavy (non-hydrogen) atoms. The number of sulfonamides is 1. The Hall–Kier alpha value is -2.60. The van der Waals surface area contributed by atoms with Gasteiger partial charge in [0.15, 0.2) is 0 Å². The number of ether oxygens (including phenoxy) is 2. The zero-order valence-corrected chi connectivity index (χ0v) is 19.1. The number of morpholine rings is 1. The zero-order valence-electron chi connectivity index (χ0n) is 17.4. The van der Waals surface area contributed by atoms with Crippen LogP contribution in [0.15, 0.2) is 52.3 Å². The molecule has 0 spiro atoms. The van der Waals surface area contributed by atoms with Crippen molar-refractivity contribution in [3.63, 3.8) is 0 Å². The molecule has 1 amide bonds. The van der Waals surface area contributed by atoms with Crippen LogP contribution in [-0.2, 0) is 19.6 Å². The van der Waals surface area contributed by atoms with E-state index in [0.29, 0.717) is 18.0 Å². The molecule has 0 aliphatic carbocycles. The first-order valence-electron chi connectivity index (χ1n) is 9.92. The second kappa shape index (κ2) is 10.8. The Kier molecular flexibility index (Phi) is 8.13. The van der Waals surface area contributed by atoms with Crippen molar-refractivity contribution in [2.75, 3.05) is 44.0 Å². The lowest BCUT2D eigenvalue weighted by molar-refractivity contribution is -0.133. The van der Waals surface area contributed by atoms with Crippen LogP contribution in [0.5, 0.6) is 5.75 Å². The molecule has 0 radical (unpaired) electrons. The average molecular weight is 481 g/mol. The molecule has 1 heterocycles. The number of thioether (sulfide) groups is 1. The van der Waals surface area contributed by atoms with E-state index < -0.39 is 21.9 Å². The summed E-state index contributed by atoms with van der Waals surface area (Å²) in [5, 5.41) is 11.7. The molecule has 3 rings (SSSR count). The number of rotatable bonds is 9. The summed E-state index contributed by atoms with van der Waals surface area (Å²) in [5.74, 6) is -1.18. The van der Waals surface area contributed by atoms with Gasteiger partial charge in [-0.1, -0.05) is 0 Å². The summed E-state index contributed by atoms with van der Waals surface area (Å²) in [5.41, 5.74) is 0.672. The standard InChI is InChI=1S/C21H24N2O7S2/c1-2-30-17-6-4-16(5-7-17)22-21(26)15-3-8-18(31-14-20(24)25)19(13-15)32(27,28)23-9-11-29-12-10-23/h3-8,13H,2,9-12,14H2,1H3,(H,22,26)(H,24,25). The summed E-state index contributed by atoms with van der Waals surface area (Å²) in [6, 6.07) is 11.0. The highest BCUT2D eigenvalue weighted by atomic mass is 32.2. The Labute approximate surface area is 190 Å². The maximum atomic E-state index is 13.2. The van der Waals surface area contributed by atoms with Crippen molar-refractivity contribution in [3.05, 3.63) is 48.0 Å². The fourth-order valence-electron chi connectivity index (χ4n) is 3.04.